The third kappa shape index (κ3) is 1.87. The van der Waals surface area contributed by atoms with Crippen LogP contribution in [0.2, 0.25) is 5.02 Å². The average Bonchev–Trinajstić information content (AvgIpc) is 2.36. The minimum absolute atomic E-state index is 0.165. The Labute approximate surface area is 119 Å². The molecule has 19 heavy (non-hydrogen) atoms. The van der Waals surface area contributed by atoms with E-state index in [-0.39, 0.29) is 11.3 Å². The summed E-state index contributed by atoms with van der Waals surface area (Å²) in [6.45, 7) is 6.68. The molecular weight excluding hydrogens is 256 g/mol. The lowest BCUT2D eigenvalue weighted by Crippen LogP contribution is -2.56. The summed E-state index contributed by atoms with van der Waals surface area (Å²) >= 11 is 5.90. The van der Waals surface area contributed by atoms with Gasteiger partial charge in [-0.15, -0.1) is 0 Å². The number of carbonyl (C=O) groups is 1. The van der Waals surface area contributed by atoms with E-state index in [2.05, 4.69) is 26.8 Å². The van der Waals surface area contributed by atoms with Crippen LogP contribution in [-0.2, 0) is 4.79 Å². The van der Waals surface area contributed by atoms with Crippen LogP contribution < -0.4 is 0 Å². The van der Waals surface area contributed by atoms with E-state index in [1.807, 2.05) is 24.3 Å². The molecule has 2 bridgehead atoms. The number of hydrogen-bond donors (Lipinski definition) is 0. The third-order valence-corrected chi connectivity index (χ3v) is 5.46. The molecule has 0 radical (unpaired) electrons. The molecule has 0 saturated heterocycles. The van der Waals surface area contributed by atoms with Crippen molar-refractivity contribution in [2.75, 3.05) is 0 Å². The minimum Gasteiger partial charge on any atom is -0.294 e. The second kappa shape index (κ2) is 4.21. The number of rotatable bonds is 1. The molecule has 0 heterocycles. The van der Waals surface area contributed by atoms with Crippen molar-refractivity contribution in [3.05, 3.63) is 40.4 Å². The quantitative estimate of drug-likeness (QED) is 0.684. The van der Waals surface area contributed by atoms with E-state index in [1.165, 1.54) is 6.42 Å². The fourth-order valence-electron chi connectivity index (χ4n) is 3.86. The maximum Gasteiger partial charge on any atom is 0.162 e. The van der Waals surface area contributed by atoms with Crippen LogP contribution in [0.3, 0.4) is 0 Å². The van der Waals surface area contributed by atoms with E-state index in [0.717, 1.165) is 16.2 Å². The Morgan fingerprint density at radius 3 is 2.47 bits per heavy atom. The van der Waals surface area contributed by atoms with E-state index in [9.17, 15) is 4.79 Å². The summed E-state index contributed by atoms with van der Waals surface area (Å²) in [7, 11) is 0. The average molecular weight is 275 g/mol. The van der Waals surface area contributed by atoms with Gasteiger partial charge < -0.3 is 0 Å². The highest BCUT2D eigenvalue weighted by molar-refractivity contribution is 6.30. The molecule has 0 unspecified atom stereocenters. The van der Waals surface area contributed by atoms with Gasteiger partial charge in [-0.3, -0.25) is 4.79 Å². The fourth-order valence-corrected chi connectivity index (χ4v) is 3.99. The maximum absolute atomic E-state index is 12.4. The summed E-state index contributed by atoms with van der Waals surface area (Å²) in [4.78, 5) is 12.4. The molecule has 3 aliphatic rings. The summed E-state index contributed by atoms with van der Waals surface area (Å²) in [5.41, 5.74) is 2.36. The molecule has 1 aromatic carbocycles. The molecule has 0 amide bonds. The standard InChI is InChI=1S/C17H19ClO/c1-10-14-9-15(17(14,2)3)13(16(10)19)8-11-4-6-12(18)7-5-11/h4-8,10,14-15H,9H2,1-3H3/t10-,14+,15-/m1/s1. The lowest BCUT2D eigenvalue weighted by Gasteiger charge is -2.59. The molecule has 0 N–H and O–H groups in total. The van der Waals surface area contributed by atoms with E-state index < -0.39 is 0 Å². The predicted molar refractivity (Wildman–Crippen MR) is 79.0 cm³/mol. The molecule has 3 atom stereocenters. The van der Waals surface area contributed by atoms with Crippen LogP contribution in [0.4, 0.5) is 0 Å². The Hall–Kier alpha value is -1.08. The molecule has 1 aromatic rings. The van der Waals surface area contributed by atoms with Crippen molar-refractivity contribution in [1.82, 2.24) is 0 Å². The van der Waals surface area contributed by atoms with Crippen molar-refractivity contribution in [1.29, 1.82) is 0 Å². The number of fused-ring (bicyclic) bond motifs is 2. The Kier molecular flexibility index (Phi) is 2.86. The van der Waals surface area contributed by atoms with Crippen molar-refractivity contribution in [3.63, 3.8) is 0 Å². The van der Waals surface area contributed by atoms with Crippen molar-refractivity contribution >= 4 is 23.5 Å². The first-order chi connectivity index (χ1) is 8.91. The number of ketones is 1. The number of allylic oxidation sites excluding steroid dienone is 1. The highest BCUT2D eigenvalue weighted by Crippen LogP contribution is 2.62. The van der Waals surface area contributed by atoms with Crippen molar-refractivity contribution in [2.45, 2.75) is 27.2 Å². The van der Waals surface area contributed by atoms with E-state index in [4.69, 9.17) is 11.6 Å². The molecule has 0 aliphatic heterocycles. The molecular formula is C17H19ClO. The van der Waals surface area contributed by atoms with Gasteiger partial charge in [0.05, 0.1) is 0 Å². The summed E-state index contributed by atoms with van der Waals surface area (Å²) in [5, 5.41) is 0.731. The molecule has 0 spiro atoms. The van der Waals surface area contributed by atoms with Crippen LogP contribution in [-0.4, -0.2) is 5.78 Å². The number of carbonyl (C=O) groups excluding carboxylic acids is 1. The Morgan fingerprint density at radius 1 is 1.26 bits per heavy atom. The Bertz CT molecular complexity index is 553. The van der Waals surface area contributed by atoms with Gasteiger partial charge in [0, 0.05) is 10.9 Å². The van der Waals surface area contributed by atoms with Crippen LogP contribution in [0.5, 0.6) is 0 Å². The van der Waals surface area contributed by atoms with Gasteiger partial charge in [-0.1, -0.05) is 44.5 Å². The van der Waals surface area contributed by atoms with Gasteiger partial charge >= 0.3 is 0 Å². The molecule has 2 heteroatoms. The van der Waals surface area contributed by atoms with Gasteiger partial charge in [0.1, 0.15) is 0 Å². The minimum atomic E-state index is 0.165. The van der Waals surface area contributed by atoms with Crippen LogP contribution in [0.1, 0.15) is 32.8 Å². The SMILES string of the molecule is C[C@H]1C(=O)C(=Cc2ccc(Cl)cc2)[C@H]2C[C@@H]1C2(C)C. The van der Waals surface area contributed by atoms with Crippen LogP contribution in [0.25, 0.3) is 6.08 Å². The smallest absolute Gasteiger partial charge is 0.162 e. The van der Waals surface area contributed by atoms with Gasteiger partial charge in [-0.25, -0.2) is 0 Å². The molecule has 1 nitrogen and oxygen atoms in total. The number of halogens is 1. The fraction of sp³-hybridized carbons (Fsp3) is 0.471. The second-order valence-corrected chi connectivity index (χ2v) is 6.96. The van der Waals surface area contributed by atoms with Crippen molar-refractivity contribution in [3.8, 4) is 0 Å². The van der Waals surface area contributed by atoms with E-state index in [1.54, 1.807) is 0 Å². The normalized spacial score (nSPS) is 34.2. The lowest BCUT2D eigenvalue weighted by molar-refractivity contribution is -0.139. The summed E-state index contributed by atoms with van der Waals surface area (Å²) in [5.74, 6) is 1.50. The predicted octanol–water partition coefficient (Wildman–Crippen LogP) is 4.60. The Morgan fingerprint density at radius 2 is 1.89 bits per heavy atom. The molecule has 0 aromatic heterocycles. The number of hydrogen-bond acceptors (Lipinski definition) is 1. The van der Waals surface area contributed by atoms with E-state index >= 15 is 0 Å². The summed E-state index contributed by atoms with van der Waals surface area (Å²) < 4.78 is 0. The first-order valence-corrected chi connectivity index (χ1v) is 7.30. The van der Waals surface area contributed by atoms with Crippen LogP contribution >= 0.6 is 11.6 Å². The third-order valence-electron chi connectivity index (χ3n) is 5.21. The summed E-state index contributed by atoms with van der Waals surface area (Å²) in [6.07, 6.45) is 3.23. The monoisotopic (exact) mass is 274 g/mol. The summed E-state index contributed by atoms with van der Waals surface area (Å²) in [6, 6.07) is 7.70. The molecule has 3 fully saturated rings. The van der Waals surface area contributed by atoms with Crippen molar-refractivity contribution < 1.29 is 4.79 Å². The first kappa shape index (κ1) is 12.9. The van der Waals surface area contributed by atoms with Gasteiger partial charge in [0.15, 0.2) is 5.78 Å². The van der Waals surface area contributed by atoms with Gasteiger partial charge in [-0.2, -0.15) is 0 Å². The zero-order valence-corrected chi connectivity index (χ0v) is 12.4. The number of Topliss-reactive ketones (excluding diaryl/α,β-unsaturated/α-hetero) is 1. The first-order valence-electron chi connectivity index (χ1n) is 6.92. The molecule has 3 aliphatic carbocycles. The molecule has 4 rings (SSSR count). The Balaban J connectivity index is 1.99. The van der Waals surface area contributed by atoms with Gasteiger partial charge in [0.25, 0.3) is 0 Å². The van der Waals surface area contributed by atoms with Crippen molar-refractivity contribution in [2.24, 2.45) is 23.2 Å². The molecule has 3 saturated carbocycles. The maximum atomic E-state index is 12.4. The van der Waals surface area contributed by atoms with Gasteiger partial charge in [0.2, 0.25) is 0 Å². The number of benzene rings is 1. The molecule has 100 valence electrons. The highest BCUT2D eigenvalue weighted by atomic mass is 35.5. The second-order valence-electron chi connectivity index (χ2n) is 6.52. The van der Waals surface area contributed by atoms with Crippen LogP contribution in [0.15, 0.2) is 29.8 Å². The largest absolute Gasteiger partial charge is 0.294 e. The topological polar surface area (TPSA) is 17.1 Å². The zero-order valence-electron chi connectivity index (χ0n) is 11.6. The van der Waals surface area contributed by atoms with E-state index in [0.29, 0.717) is 17.6 Å². The lowest BCUT2D eigenvalue weighted by atomic mass is 9.44. The van der Waals surface area contributed by atoms with Crippen LogP contribution in [0, 0.1) is 23.2 Å². The van der Waals surface area contributed by atoms with Gasteiger partial charge in [-0.05, 0) is 53.0 Å². The zero-order chi connectivity index (χ0) is 13.8. The highest BCUT2D eigenvalue weighted by Gasteiger charge is 2.58.